The Labute approximate surface area is 195 Å². The summed E-state index contributed by atoms with van der Waals surface area (Å²) in [6.45, 7) is 6.98. The maximum absolute atomic E-state index is 12.3. The molecule has 174 valence electrons. The fourth-order valence-electron chi connectivity index (χ4n) is 7.54. The maximum Gasteiger partial charge on any atom is 0.153 e. The summed E-state index contributed by atoms with van der Waals surface area (Å²) in [4.78, 5) is 0. The average molecular weight is 446 g/mol. The number of fused-ring (bicyclic) bond motifs is 5. The van der Waals surface area contributed by atoms with Crippen molar-refractivity contribution in [2.24, 2.45) is 22.7 Å². The summed E-state index contributed by atoms with van der Waals surface area (Å²) in [6, 6.07) is 6.36. The molecule has 0 radical (unpaired) electrons. The van der Waals surface area contributed by atoms with Crippen molar-refractivity contribution < 1.29 is 10.2 Å². The molecule has 33 heavy (non-hydrogen) atoms. The summed E-state index contributed by atoms with van der Waals surface area (Å²) in [5.41, 5.74) is 10.6. The lowest BCUT2D eigenvalue weighted by molar-refractivity contribution is -0.0651. The second-order valence-corrected chi connectivity index (χ2v) is 11.6. The molecule has 5 atom stereocenters. The van der Waals surface area contributed by atoms with Crippen LogP contribution in [0.15, 0.2) is 47.6 Å². The van der Waals surface area contributed by atoms with Crippen LogP contribution in [-0.4, -0.2) is 32.1 Å². The van der Waals surface area contributed by atoms with Crippen LogP contribution in [0.3, 0.4) is 0 Å². The fourth-order valence-corrected chi connectivity index (χ4v) is 7.54. The smallest absolute Gasteiger partial charge is 0.153 e. The van der Waals surface area contributed by atoms with Gasteiger partial charge in [0, 0.05) is 16.7 Å². The number of aliphatic hydroxyl groups excluding tert-OH is 1. The monoisotopic (exact) mass is 445 g/mol. The number of aliphatic hydroxyl groups is 2. The molecule has 0 bridgehead atoms. The Kier molecular flexibility index (Phi) is 4.38. The van der Waals surface area contributed by atoms with Crippen molar-refractivity contribution in [2.45, 2.75) is 71.0 Å². The summed E-state index contributed by atoms with van der Waals surface area (Å²) >= 11 is 0. The molecule has 1 saturated carbocycles. The second kappa shape index (κ2) is 6.83. The number of rotatable bonds is 1. The van der Waals surface area contributed by atoms with Crippen molar-refractivity contribution in [3.8, 4) is 0 Å². The van der Waals surface area contributed by atoms with Crippen LogP contribution in [0.2, 0.25) is 0 Å². The zero-order valence-corrected chi connectivity index (χ0v) is 19.9. The number of aromatic amines is 1. The first-order valence-electron chi connectivity index (χ1n) is 12.4. The molecule has 4 aliphatic carbocycles. The summed E-state index contributed by atoms with van der Waals surface area (Å²) in [5.74, 6) is 1.12. The van der Waals surface area contributed by atoms with Crippen LogP contribution in [0.4, 0.5) is 5.82 Å². The number of nitrogens with two attached hydrogens (primary N) is 1. The van der Waals surface area contributed by atoms with Crippen molar-refractivity contribution in [3.05, 3.63) is 53.1 Å². The Morgan fingerprint density at radius 2 is 1.97 bits per heavy atom. The fraction of sp³-hybridized carbons (Fsp3) is 0.536. The number of nitrogen functional groups attached to an aromatic ring is 1. The molecule has 4 unspecified atom stereocenters. The molecular weight excluding hydrogens is 410 g/mol. The summed E-state index contributed by atoms with van der Waals surface area (Å²) in [6.07, 6.45) is 12.0. The third kappa shape index (κ3) is 2.82. The molecule has 2 aromatic rings. The molecule has 1 fully saturated rings. The molecule has 1 aromatic carbocycles. The average Bonchev–Trinajstić information content (AvgIpc) is 3.29. The SMILES string of the molecule is CC1(C)C=C2C=C3CC(O)CCC3CC[C@]2(O)C2CC=C(c3ccc4c(N)n[nH]c4c3)C21C. The first-order valence-corrected chi connectivity index (χ1v) is 12.4. The van der Waals surface area contributed by atoms with E-state index in [1.165, 1.54) is 16.7 Å². The van der Waals surface area contributed by atoms with Gasteiger partial charge in [0.25, 0.3) is 0 Å². The number of nitrogens with one attached hydrogen (secondary N) is 1. The van der Waals surface area contributed by atoms with E-state index in [0.29, 0.717) is 11.7 Å². The van der Waals surface area contributed by atoms with Gasteiger partial charge in [-0.15, -0.1) is 0 Å². The van der Waals surface area contributed by atoms with Crippen LogP contribution in [0.5, 0.6) is 0 Å². The Bertz CT molecular complexity index is 1230. The number of anilines is 1. The number of benzene rings is 1. The van der Waals surface area contributed by atoms with Gasteiger partial charge in [0.1, 0.15) is 0 Å². The highest BCUT2D eigenvalue weighted by Gasteiger charge is 2.62. The largest absolute Gasteiger partial charge is 0.393 e. The number of H-pyrrole nitrogens is 1. The van der Waals surface area contributed by atoms with Gasteiger partial charge < -0.3 is 15.9 Å². The molecule has 5 N–H and O–H groups in total. The van der Waals surface area contributed by atoms with E-state index in [9.17, 15) is 10.2 Å². The van der Waals surface area contributed by atoms with E-state index in [1.807, 2.05) is 0 Å². The summed E-state index contributed by atoms with van der Waals surface area (Å²) in [5, 5.41) is 30.8. The van der Waals surface area contributed by atoms with Crippen LogP contribution in [0, 0.1) is 22.7 Å². The lowest BCUT2D eigenvalue weighted by atomic mass is 9.49. The zero-order valence-electron chi connectivity index (χ0n) is 19.9. The molecule has 0 amide bonds. The van der Waals surface area contributed by atoms with Gasteiger partial charge in [0.05, 0.1) is 17.2 Å². The Morgan fingerprint density at radius 3 is 2.79 bits per heavy atom. The third-order valence-corrected chi connectivity index (χ3v) is 9.71. The van der Waals surface area contributed by atoms with Crippen LogP contribution in [0.25, 0.3) is 16.5 Å². The molecule has 5 nitrogen and oxygen atoms in total. The number of aromatic nitrogens is 2. The van der Waals surface area contributed by atoms with Crippen molar-refractivity contribution in [3.63, 3.8) is 0 Å². The number of hydrogen-bond acceptors (Lipinski definition) is 4. The van der Waals surface area contributed by atoms with Crippen molar-refractivity contribution in [1.29, 1.82) is 0 Å². The van der Waals surface area contributed by atoms with Gasteiger partial charge in [-0.1, -0.05) is 50.6 Å². The van der Waals surface area contributed by atoms with E-state index in [2.05, 4.69) is 67.4 Å². The van der Waals surface area contributed by atoms with Crippen molar-refractivity contribution in [1.82, 2.24) is 10.2 Å². The predicted molar refractivity (Wildman–Crippen MR) is 132 cm³/mol. The normalized spacial score (nSPS) is 37.4. The summed E-state index contributed by atoms with van der Waals surface area (Å²) in [7, 11) is 0. The Balaban J connectivity index is 1.46. The summed E-state index contributed by atoms with van der Waals surface area (Å²) < 4.78 is 0. The standard InChI is InChI=1S/C28H35N3O2/c1-26(2)15-19-12-18-13-20(32)6-4-16(18)10-11-28(19,33)24-9-8-22(27(24,26)3)17-5-7-21-23(14-17)30-31-25(21)29/h5,7-8,12,14-16,20,24,32-33H,4,6,9-11,13H2,1-3H3,(H3,29,30,31)/t16?,20?,24?,27?,28-/m1/s1. The molecule has 0 spiro atoms. The van der Waals surface area contributed by atoms with Crippen molar-refractivity contribution >= 4 is 22.3 Å². The van der Waals surface area contributed by atoms with Gasteiger partial charge >= 0.3 is 0 Å². The third-order valence-electron chi connectivity index (χ3n) is 9.71. The van der Waals surface area contributed by atoms with Gasteiger partial charge in [-0.25, -0.2) is 0 Å². The first kappa shape index (κ1) is 21.2. The molecule has 1 heterocycles. The minimum Gasteiger partial charge on any atom is -0.393 e. The molecule has 4 aliphatic rings. The predicted octanol–water partition coefficient (Wildman–Crippen LogP) is 5.13. The highest BCUT2D eigenvalue weighted by Crippen LogP contribution is 2.67. The molecule has 1 aromatic heterocycles. The molecule has 0 aliphatic heterocycles. The van der Waals surface area contributed by atoms with Gasteiger partial charge in [0.15, 0.2) is 5.82 Å². The van der Waals surface area contributed by atoms with Crippen LogP contribution in [0.1, 0.15) is 64.9 Å². The molecule has 5 heteroatoms. The maximum atomic E-state index is 12.3. The van der Waals surface area contributed by atoms with Gasteiger partial charge in [-0.05, 0) is 78.7 Å². The highest BCUT2D eigenvalue weighted by atomic mass is 16.3. The van der Waals surface area contributed by atoms with Gasteiger partial charge in [0.2, 0.25) is 0 Å². The van der Waals surface area contributed by atoms with E-state index in [1.54, 1.807) is 0 Å². The van der Waals surface area contributed by atoms with E-state index in [-0.39, 0.29) is 22.9 Å². The quantitative estimate of drug-likeness (QED) is 0.489. The molecule has 0 saturated heterocycles. The number of nitrogens with zero attached hydrogens (tertiary/aromatic N) is 1. The molecular formula is C28H35N3O2. The Hall–Kier alpha value is -2.37. The lowest BCUT2D eigenvalue weighted by Gasteiger charge is -2.56. The lowest BCUT2D eigenvalue weighted by Crippen LogP contribution is -2.55. The number of hydrogen-bond donors (Lipinski definition) is 4. The zero-order chi connectivity index (χ0) is 23.2. The first-order chi connectivity index (χ1) is 15.6. The van der Waals surface area contributed by atoms with Crippen LogP contribution >= 0.6 is 0 Å². The minimum atomic E-state index is -0.847. The topological polar surface area (TPSA) is 95.2 Å². The molecule has 6 rings (SSSR count). The van der Waals surface area contributed by atoms with E-state index in [4.69, 9.17) is 5.73 Å². The van der Waals surface area contributed by atoms with Crippen molar-refractivity contribution in [2.75, 3.05) is 5.73 Å². The van der Waals surface area contributed by atoms with Gasteiger partial charge in [-0.3, -0.25) is 5.10 Å². The van der Waals surface area contributed by atoms with E-state index < -0.39 is 5.60 Å². The van der Waals surface area contributed by atoms with Crippen LogP contribution < -0.4 is 5.73 Å². The Morgan fingerprint density at radius 1 is 1.15 bits per heavy atom. The second-order valence-electron chi connectivity index (χ2n) is 11.6. The minimum absolute atomic E-state index is 0.111. The van der Waals surface area contributed by atoms with E-state index in [0.717, 1.165) is 55.0 Å². The van der Waals surface area contributed by atoms with E-state index >= 15 is 0 Å². The highest BCUT2D eigenvalue weighted by molar-refractivity contribution is 5.91. The number of allylic oxidation sites excluding steroid dienone is 3. The van der Waals surface area contributed by atoms with Crippen LogP contribution in [-0.2, 0) is 0 Å². The van der Waals surface area contributed by atoms with Gasteiger partial charge in [-0.2, -0.15) is 5.10 Å².